The summed E-state index contributed by atoms with van der Waals surface area (Å²) in [6.45, 7) is 2.14. The van der Waals surface area contributed by atoms with Gasteiger partial charge in [-0.2, -0.15) is 0 Å². The van der Waals surface area contributed by atoms with Crippen LogP contribution in [0.15, 0.2) is 60.9 Å². The maximum atomic E-state index is 13.0. The van der Waals surface area contributed by atoms with E-state index in [0.717, 1.165) is 60.9 Å². The fourth-order valence-electron chi connectivity index (χ4n) is 4.67. The summed E-state index contributed by atoms with van der Waals surface area (Å²) in [5.74, 6) is 1.24. The van der Waals surface area contributed by atoms with Crippen LogP contribution in [0.4, 0.5) is 22.0 Å². The molecule has 2 aliphatic heterocycles. The largest absolute Gasteiger partial charge is 0.497 e. The number of carbonyl (C=O) groups is 2. The molecule has 1 aromatic heterocycles. The highest BCUT2D eigenvalue weighted by atomic mass is 16.5. The third-order valence-electron chi connectivity index (χ3n) is 6.58. The maximum absolute atomic E-state index is 13.0. The lowest BCUT2D eigenvalue weighted by Gasteiger charge is -2.38. The van der Waals surface area contributed by atoms with Crippen LogP contribution in [0.3, 0.4) is 0 Å². The number of hydrogen-bond acceptors (Lipinski definition) is 6. The molecule has 0 unspecified atom stereocenters. The van der Waals surface area contributed by atoms with Crippen molar-refractivity contribution in [2.45, 2.75) is 25.3 Å². The predicted octanol–water partition coefficient (Wildman–Crippen LogP) is 3.80. The molecule has 1 fully saturated rings. The Bertz CT molecular complexity index is 1210. The number of nitrogens with one attached hydrogen (secondary N) is 2. The highest BCUT2D eigenvalue weighted by Gasteiger charge is 2.30. The van der Waals surface area contributed by atoms with E-state index in [1.807, 2.05) is 53.4 Å². The number of para-hydroxylation sites is 1. The molecule has 0 saturated carbocycles. The smallest absolute Gasteiger partial charge is 0.322 e. The molecule has 0 bridgehead atoms. The first-order valence-corrected chi connectivity index (χ1v) is 11.8. The number of amides is 3. The van der Waals surface area contributed by atoms with Crippen molar-refractivity contribution in [2.24, 2.45) is 0 Å². The summed E-state index contributed by atoms with van der Waals surface area (Å²) in [7, 11) is 1.65. The van der Waals surface area contributed by atoms with Crippen molar-refractivity contribution in [3.8, 4) is 5.75 Å². The number of ether oxygens (including phenoxy) is 1. The van der Waals surface area contributed by atoms with Crippen molar-refractivity contribution in [1.82, 2.24) is 14.9 Å². The van der Waals surface area contributed by atoms with E-state index in [1.54, 1.807) is 13.2 Å². The van der Waals surface area contributed by atoms with E-state index in [-0.39, 0.29) is 18.0 Å². The number of piperidine rings is 1. The topological polar surface area (TPSA) is 99.7 Å². The number of methoxy groups -OCH3 is 1. The molecule has 2 N–H and O–H groups in total. The monoisotopic (exact) mass is 472 g/mol. The van der Waals surface area contributed by atoms with E-state index >= 15 is 0 Å². The number of carbonyl (C=O) groups excluding carboxylic acids is 2. The molecule has 0 aliphatic carbocycles. The van der Waals surface area contributed by atoms with Crippen LogP contribution in [-0.2, 0) is 6.42 Å². The van der Waals surface area contributed by atoms with Crippen molar-refractivity contribution in [3.63, 3.8) is 0 Å². The fourth-order valence-corrected chi connectivity index (χ4v) is 4.67. The minimum atomic E-state index is -0.271. The van der Waals surface area contributed by atoms with E-state index in [0.29, 0.717) is 12.2 Å². The van der Waals surface area contributed by atoms with Crippen LogP contribution in [-0.4, -0.2) is 59.6 Å². The van der Waals surface area contributed by atoms with E-state index in [4.69, 9.17) is 4.74 Å². The molecular formula is C26H28N6O3. The number of rotatable bonds is 5. The van der Waals surface area contributed by atoms with Crippen molar-refractivity contribution >= 4 is 29.1 Å². The SMILES string of the molecule is COc1ccc2c(c1)CCN(C1CCN(c3cc(C(=O)Nc4ccccc4)ncn3)CC1)C(=O)N2. The molecule has 2 aromatic carbocycles. The van der Waals surface area contributed by atoms with E-state index in [2.05, 4.69) is 25.5 Å². The number of nitrogens with zero attached hydrogens (tertiary/aromatic N) is 4. The van der Waals surface area contributed by atoms with E-state index in [1.165, 1.54) is 6.33 Å². The Morgan fingerprint density at radius 3 is 2.63 bits per heavy atom. The molecule has 9 nitrogen and oxygen atoms in total. The Kier molecular flexibility index (Phi) is 6.47. The number of anilines is 3. The molecule has 0 atom stereocenters. The predicted molar refractivity (Wildman–Crippen MR) is 134 cm³/mol. The molecule has 0 spiro atoms. The Morgan fingerprint density at radius 1 is 1.06 bits per heavy atom. The molecule has 0 radical (unpaired) electrons. The molecule has 3 heterocycles. The van der Waals surface area contributed by atoms with Crippen molar-refractivity contribution in [2.75, 3.05) is 42.3 Å². The quantitative estimate of drug-likeness (QED) is 0.586. The zero-order chi connectivity index (χ0) is 24.2. The summed E-state index contributed by atoms with van der Waals surface area (Å²) >= 11 is 0. The van der Waals surface area contributed by atoms with Gasteiger partial charge in [0.1, 0.15) is 23.6 Å². The number of urea groups is 1. The molecular weight excluding hydrogens is 444 g/mol. The number of aromatic nitrogens is 2. The zero-order valence-corrected chi connectivity index (χ0v) is 19.6. The first-order chi connectivity index (χ1) is 17.1. The summed E-state index contributed by atoms with van der Waals surface area (Å²) in [5, 5.41) is 5.91. The lowest BCUT2D eigenvalue weighted by atomic mass is 10.0. The van der Waals surface area contributed by atoms with Gasteiger partial charge in [-0.25, -0.2) is 14.8 Å². The van der Waals surface area contributed by atoms with Crippen LogP contribution < -0.4 is 20.3 Å². The van der Waals surface area contributed by atoms with Crippen molar-refractivity contribution < 1.29 is 14.3 Å². The Morgan fingerprint density at radius 2 is 1.86 bits per heavy atom. The second kappa shape index (κ2) is 10.0. The van der Waals surface area contributed by atoms with Gasteiger partial charge in [-0.1, -0.05) is 18.2 Å². The summed E-state index contributed by atoms with van der Waals surface area (Å²) in [6.07, 6.45) is 3.84. The molecule has 9 heteroatoms. The van der Waals surface area contributed by atoms with Gasteiger partial charge >= 0.3 is 6.03 Å². The molecule has 2 aliphatic rings. The lowest BCUT2D eigenvalue weighted by molar-refractivity contribution is 0.102. The third-order valence-corrected chi connectivity index (χ3v) is 6.58. The number of fused-ring (bicyclic) bond motifs is 1. The fraction of sp³-hybridized carbons (Fsp3) is 0.308. The molecule has 1 saturated heterocycles. The van der Waals surface area contributed by atoms with Gasteiger partial charge in [-0.3, -0.25) is 4.79 Å². The molecule has 35 heavy (non-hydrogen) atoms. The van der Waals surface area contributed by atoms with Crippen LogP contribution >= 0.6 is 0 Å². The van der Waals surface area contributed by atoms with Gasteiger partial charge in [-0.15, -0.1) is 0 Å². The second-order valence-corrected chi connectivity index (χ2v) is 8.70. The highest BCUT2D eigenvalue weighted by Crippen LogP contribution is 2.28. The minimum absolute atomic E-state index is 0.0609. The minimum Gasteiger partial charge on any atom is -0.497 e. The van der Waals surface area contributed by atoms with Crippen LogP contribution in [0.5, 0.6) is 5.75 Å². The third kappa shape index (κ3) is 5.03. The average Bonchev–Trinajstić information content (AvgIpc) is 3.07. The van der Waals surface area contributed by atoms with Gasteiger partial charge in [-0.05, 0) is 55.2 Å². The van der Waals surface area contributed by atoms with Crippen molar-refractivity contribution in [1.29, 1.82) is 0 Å². The highest BCUT2D eigenvalue weighted by molar-refractivity contribution is 6.03. The lowest BCUT2D eigenvalue weighted by Crippen LogP contribution is -2.49. The standard InChI is InChI=1S/C26H28N6O3/c1-35-21-7-8-22-18(15-21)9-14-32(26(34)30-22)20-10-12-31(13-11-20)24-16-23(27-17-28-24)25(33)29-19-5-3-2-4-6-19/h2-8,15-17,20H,9-14H2,1H3,(H,29,33)(H,30,34). The summed E-state index contributed by atoms with van der Waals surface area (Å²) in [6, 6.07) is 16.9. The molecule has 180 valence electrons. The normalized spacial score (nSPS) is 16.2. The zero-order valence-electron chi connectivity index (χ0n) is 19.6. The van der Waals surface area contributed by atoms with Crippen LogP contribution in [0, 0.1) is 0 Å². The summed E-state index contributed by atoms with van der Waals surface area (Å²) < 4.78 is 5.33. The van der Waals surface area contributed by atoms with Gasteiger partial charge in [0.2, 0.25) is 0 Å². The van der Waals surface area contributed by atoms with E-state index in [9.17, 15) is 9.59 Å². The van der Waals surface area contributed by atoms with Crippen molar-refractivity contribution in [3.05, 3.63) is 72.2 Å². The molecule has 3 aromatic rings. The first-order valence-electron chi connectivity index (χ1n) is 11.8. The number of hydrogen-bond donors (Lipinski definition) is 2. The van der Waals surface area contributed by atoms with Crippen LogP contribution in [0.1, 0.15) is 28.9 Å². The van der Waals surface area contributed by atoms with Gasteiger partial charge in [0.25, 0.3) is 5.91 Å². The second-order valence-electron chi connectivity index (χ2n) is 8.70. The first kappa shape index (κ1) is 22.6. The number of benzene rings is 2. The average molecular weight is 473 g/mol. The van der Waals surface area contributed by atoms with Gasteiger partial charge in [0.15, 0.2) is 0 Å². The summed E-state index contributed by atoms with van der Waals surface area (Å²) in [5.41, 5.74) is 2.97. The Balaban J connectivity index is 1.21. The maximum Gasteiger partial charge on any atom is 0.322 e. The van der Waals surface area contributed by atoms with Gasteiger partial charge in [0, 0.05) is 43.1 Å². The molecule has 5 rings (SSSR count). The Hall–Kier alpha value is -4.14. The van der Waals surface area contributed by atoms with Gasteiger partial charge < -0.3 is 25.2 Å². The summed E-state index contributed by atoms with van der Waals surface area (Å²) in [4.78, 5) is 38.2. The van der Waals surface area contributed by atoms with Gasteiger partial charge in [0.05, 0.1) is 7.11 Å². The van der Waals surface area contributed by atoms with Crippen LogP contribution in [0.2, 0.25) is 0 Å². The van der Waals surface area contributed by atoms with Crippen LogP contribution in [0.25, 0.3) is 0 Å². The van der Waals surface area contributed by atoms with E-state index < -0.39 is 0 Å². The molecule has 3 amide bonds. The Labute approximate surface area is 204 Å².